The van der Waals surface area contributed by atoms with E-state index in [1.807, 2.05) is 55.5 Å². The van der Waals surface area contributed by atoms with Gasteiger partial charge in [-0.1, -0.05) is 25.1 Å². The van der Waals surface area contributed by atoms with Crippen molar-refractivity contribution in [3.63, 3.8) is 0 Å². The highest BCUT2D eigenvalue weighted by Crippen LogP contribution is 2.26. The van der Waals surface area contributed by atoms with Gasteiger partial charge in [0, 0.05) is 17.1 Å². The number of hydrogen-bond donors (Lipinski definition) is 2. The minimum atomic E-state index is -0.189. The number of amides is 1. The minimum Gasteiger partial charge on any atom is -0.497 e. The zero-order chi connectivity index (χ0) is 17.4. The highest BCUT2D eigenvalue weighted by Gasteiger charge is 2.15. The third-order valence-electron chi connectivity index (χ3n) is 3.58. The highest BCUT2D eigenvalue weighted by atomic mass is 35.5. The second-order valence-corrected chi connectivity index (χ2v) is 6.78. The molecule has 1 amide bonds. The highest BCUT2D eigenvalue weighted by molar-refractivity contribution is 8.00. The lowest BCUT2D eigenvalue weighted by Crippen LogP contribution is -2.24. The fourth-order valence-electron chi connectivity index (χ4n) is 2.20. The van der Waals surface area contributed by atoms with E-state index in [0.29, 0.717) is 0 Å². The monoisotopic (exact) mass is 380 g/mol. The average Bonchev–Trinajstić information content (AvgIpc) is 2.61. The summed E-state index contributed by atoms with van der Waals surface area (Å²) in [7, 11) is 1.64. The molecule has 0 aliphatic carbocycles. The molecular formula is C19H25ClN2O2S. The summed E-state index contributed by atoms with van der Waals surface area (Å²) in [5.41, 5.74) is 1.96. The van der Waals surface area contributed by atoms with Gasteiger partial charge in [0.05, 0.1) is 12.4 Å². The predicted molar refractivity (Wildman–Crippen MR) is 108 cm³/mol. The first-order valence-corrected chi connectivity index (χ1v) is 8.92. The lowest BCUT2D eigenvalue weighted by Gasteiger charge is -2.15. The quantitative estimate of drug-likeness (QED) is 0.668. The molecule has 0 radical (unpaired) electrons. The molecule has 0 aliphatic heterocycles. The number of halogens is 1. The Morgan fingerprint density at radius 3 is 2.48 bits per heavy atom. The first-order valence-electron chi connectivity index (χ1n) is 8.04. The molecule has 4 nitrogen and oxygen atoms in total. The Labute approximate surface area is 160 Å². The molecule has 2 aromatic carbocycles. The summed E-state index contributed by atoms with van der Waals surface area (Å²) < 4.78 is 5.15. The number of methoxy groups -OCH3 is 1. The van der Waals surface area contributed by atoms with Crippen LogP contribution in [0.3, 0.4) is 0 Å². The van der Waals surface area contributed by atoms with E-state index in [9.17, 15) is 4.79 Å². The maximum Gasteiger partial charge on any atom is 0.237 e. The van der Waals surface area contributed by atoms with Gasteiger partial charge in [-0.2, -0.15) is 0 Å². The van der Waals surface area contributed by atoms with Crippen molar-refractivity contribution >= 4 is 35.8 Å². The number of para-hydroxylation sites is 1. The van der Waals surface area contributed by atoms with Crippen LogP contribution in [0.25, 0.3) is 0 Å². The summed E-state index contributed by atoms with van der Waals surface area (Å²) >= 11 is 1.53. The Bertz CT molecular complexity index is 665. The van der Waals surface area contributed by atoms with E-state index in [0.717, 1.165) is 35.0 Å². The first-order chi connectivity index (χ1) is 11.6. The summed E-state index contributed by atoms with van der Waals surface area (Å²) in [6.45, 7) is 5.62. The first kappa shape index (κ1) is 21.4. The third-order valence-corrected chi connectivity index (χ3v) is 4.69. The van der Waals surface area contributed by atoms with Crippen molar-refractivity contribution in [2.45, 2.75) is 30.5 Å². The molecule has 0 heterocycles. The Hall–Kier alpha value is -1.69. The van der Waals surface area contributed by atoms with Crippen LogP contribution in [0, 0.1) is 0 Å². The van der Waals surface area contributed by atoms with Crippen LogP contribution in [0.1, 0.15) is 19.4 Å². The number of rotatable bonds is 8. The van der Waals surface area contributed by atoms with Crippen LogP contribution in [-0.2, 0) is 11.3 Å². The Morgan fingerprint density at radius 1 is 1.16 bits per heavy atom. The number of anilines is 1. The van der Waals surface area contributed by atoms with Crippen LogP contribution in [0.2, 0.25) is 0 Å². The Balaban J connectivity index is 0.00000312. The summed E-state index contributed by atoms with van der Waals surface area (Å²) in [5, 5.41) is 6.14. The van der Waals surface area contributed by atoms with Gasteiger partial charge in [0.1, 0.15) is 5.75 Å². The molecule has 0 aliphatic rings. The van der Waals surface area contributed by atoms with E-state index in [1.54, 1.807) is 7.11 Å². The number of carbonyl (C=O) groups is 1. The van der Waals surface area contributed by atoms with Crippen molar-refractivity contribution in [1.82, 2.24) is 5.32 Å². The van der Waals surface area contributed by atoms with E-state index in [-0.39, 0.29) is 23.6 Å². The van der Waals surface area contributed by atoms with Crippen LogP contribution in [-0.4, -0.2) is 24.8 Å². The van der Waals surface area contributed by atoms with Crippen LogP contribution in [0.4, 0.5) is 5.69 Å². The molecule has 0 saturated heterocycles. The van der Waals surface area contributed by atoms with Gasteiger partial charge in [0.2, 0.25) is 5.91 Å². The van der Waals surface area contributed by atoms with Crippen molar-refractivity contribution in [2.75, 3.05) is 19.0 Å². The molecule has 2 aromatic rings. The largest absolute Gasteiger partial charge is 0.497 e. The number of carbonyl (C=O) groups excluding carboxylic acids is 1. The SMILES string of the molecule is CCNCc1ccccc1NC(=O)C(C)Sc1ccc(OC)cc1.Cl. The van der Waals surface area contributed by atoms with E-state index in [4.69, 9.17) is 4.74 Å². The predicted octanol–water partition coefficient (Wildman–Crippen LogP) is 4.35. The zero-order valence-electron chi connectivity index (χ0n) is 14.7. The second kappa shape index (κ2) is 11.0. The van der Waals surface area contributed by atoms with Crippen molar-refractivity contribution in [3.8, 4) is 5.75 Å². The smallest absolute Gasteiger partial charge is 0.237 e. The summed E-state index contributed by atoms with van der Waals surface area (Å²) in [6, 6.07) is 15.6. The molecule has 1 unspecified atom stereocenters. The van der Waals surface area contributed by atoms with Gasteiger partial charge in [-0.3, -0.25) is 4.79 Å². The van der Waals surface area contributed by atoms with Gasteiger partial charge in [-0.15, -0.1) is 24.2 Å². The van der Waals surface area contributed by atoms with Gasteiger partial charge in [-0.25, -0.2) is 0 Å². The van der Waals surface area contributed by atoms with Gasteiger partial charge in [0.25, 0.3) is 0 Å². The standard InChI is InChI=1S/C19H24N2O2S.ClH/c1-4-20-13-15-7-5-6-8-18(15)21-19(22)14(2)24-17-11-9-16(23-3)10-12-17;/h5-12,14,20H,4,13H2,1-3H3,(H,21,22);1H. The fourth-order valence-corrected chi connectivity index (χ4v) is 3.07. The molecule has 2 N–H and O–H groups in total. The molecule has 0 saturated carbocycles. The van der Waals surface area contributed by atoms with Crippen molar-refractivity contribution in [3.05, 3.63) is 54.1 Å². The van der Waals surface area contributed by atoms with Crippen LogP contribution in [0.15, 0.2) is 53.4 Å². The zero-order valence-corrected chi connectivity index (χ0v) is 16.4. The number of thioether (sulfide) groups is 1. The topological polar surface area (TPSA) is 50.4 Å². The number of benzene rings is 2. The van der Waals surface area contributed by atoms with E-state index in [1.165, 1.54) is 11.8 Å². The number of hydrogen-bond acceptors (Lipinski definition) is 4. The number of nitrogens with one attached hydrogen (secondary N) is 2. The van der Waals surface area contributed by atoms with Crippen LogP contribution >= 0.6 is 24.2 Å². The summed E-state index contributed by atoms with van der Waals surface area (Å²) in [6.07, 6.45) is 0. The van der Waals surface area contributed by atoms with Crippen LogP contribution in [0.5, 0.6) is 5.75 Å². The molecule has 2 rings (SSSR count). The second-order valence-electron chi connectivity index (χ2n) is 5.36. The van der Waals surface area contributed by atoms with Gasteiger partial charge in [-0.05, 0) is 49.4 Å². The molecule has 25 heavy (non-hydrogen) atoms. The lowest BCUT2D eigenvalue weighted by molar-refractivity contribution is -0.115. The van der Waals surface area contributed by atoms with Gasteiger partial charge >= 0.3 is 0 Å². The minimum absolute atomic E-state index is 0. The van der Waals surface area contributed by atoms with Gasteiger partial charge < -0.3 is 15.4 Å². The summed E-state index contributed by atoms with van der Waals surface area (Å²) in [4.78, 5) is 13.5. The molecule has 0 aromatic heterocycles. The third kappa shape index (κ3) is 6.61. The normalized spacial score (nSPS) is 11.3. The van der Waals surface area contributed by atoms with Crippen LogP contribution < -0.4 is 15.4 Å². The molecular weight excluding hydrogens is 356 g/mol. The molecule has 0 fully saturated rings. The van der Waals surface area contributed by atoms with Gasteiger partial charge in [0.15, 0.2) is 0 Å². The molecule has 136 valence electrons. The Morgan fingerprint density at radius 2 is 1.84 bits per heavy atom. The van der Waals surface area contributed by atoms with E-state index >= 15 is 0 Å². The summed E-state index contributed by atoms with van der Waals surface area (Å²) in [5.74, 6) is 0.813. The molecule has 1 atom stereocenters. The maximum absolute atomic E-state index is 12.5. The molecule has 0 spiro atoms. The maximum atomic E-state index is 12.5. The Kier molecular flexibility index (Phi) is 9.42. The fraction of sp³-hybridized carbons (Fsp3) is 0.316. The van der Waals surface area contributed by atoms with Crippen molar-refractivity contribution in [2.24, 2.45) is 0 Å². The number of ether oxygens (including phenoxy) is 1. The average molecular weight is 381 g/mol. The van der Waals surface area contributed by atoms with E-state index in [2.05, 4.69) is 17.6 Å². The van der Waals surface area contributed by atoms with Crippen molar-refractivity contribution in [1.29, 1.82) is 0 Å². The molecule has 0 bridgehead atoms. The van der Waals surface area contributed by atoms with Crippen molar-refractivity contribution < 1.29 is 9.53 Å². The lowest BCUT2D eigenvalue weighted by atomic mass is 10.1. The molecule has 6 heteroatoms. The van der Waals surface area contributed by atoms with E-state index < -0.39 is 0 Å².